The predicted molar refractivity (Wildman–Crippen MR) is 111 cm³/mol. The van der Waals surface area contributed by atoms with Crippen LogP contribution in [0.2, 0.25) is 0 Å². The van der Waals surface area contributed by atoms with E-state index >= 15 is 0 Å². The lowest BCUT2D eigenvalue weighted by Crippen LogP contribution is -1.99. The Morgan fingerprint density at radius 3 is 1.86 bits per heavy atom. The standard InChI is InChI=1S/C22H19O5P/c1-25-28(24,26-2)27-20-14-12-16-8-4-6-10-18(16)22(20)21-17-9-5-3-7-15(17)11-13-19(21)23/h3-14,23H,1-2H3. The molecule has 0 unspecified atom stereocenters. The third-order valence-electron chi connectivity index (χ3n) is 4.71. The van der Waals surface area contributed by atoms with Crippen molar-refractivity contribution in [3.8, 4) is 22.6 Å². The topological polar surface area (TPSA) is 65.0 Å². The van der Waals surface area contributed by atoms with E-state index in [2.05, 4.69) is 0 Å². The van der Waals surface area contributed by atoms with Gasteiger partial charge in [-0.3, -0.25) is 9.05 Å². The molecule has 0 saturated heterocycles. The van der Waals surface area contributed by atoms with Crippen LogP contribution in [-0.4, -0.2) is 19.3 Å². The third kappa shape index (κ3) is 3.14. The molecule has 0 aliphatic rings. The van der Waals surface area contributed by atoms with Crippen molar-refractivity contribution in [2.45, 2.75) is 0 Å². The molecule has 0 fully saturated rings. The summed E-state index contributed by atoms with van der Waals surface area (Å²) in [6.45, 7) is 0. The van der Waals surface area contributed by atoms with Crippen molar-refractivity contribution in [1.82, 2.24) is 0 Å². The predicted octanol–water partition coefficient (Wildman–Crippen LogP) is 6.15. The summed E-state index contributed by atoms with van der Waals surface area (Å²) in [5.74, 6) is 0.405. The summed E-state index contributed by atoms with van der Waals surface area (Å²) in [7, 11) is -1.26. The largest absolute Gasteiger partial charge is 0.529 e. The first kappa shape index (κ1) is 18.5. The summed E-state index contributed by atoms with van der Waals surface area (Å²) in [6, 6.07) is 22.6. The van der Waals surface area contributed by atoms with E-state index in [0.717, 1.165) is 21.5 Å². The Morgan fingerprint density at radius 2 is 1.25 bits per heavy atom. The van der Waals surface area contributed by atoms with Gasteiger partial charge in [-0.2, -0.15) is 0 Å². The number of rotatable bonds is 5. The highest BCUT2D eigenvalue weighted by atomic mass is 31.2. The Kier molecular flexibility index (Phi) is 4.82. The zero-order valence-electron chi connectivity index (χ0n) is 15.5. The highest BCUT2D eigenvalue weighted by molar-refractivity contribution is 7.48. The van der Waals surface area contributed by atoms with E-state index < -0.39 is 7.82 Å². The van der Waals surface area contributed by atoms with Crippen molar-refractivity contribution in [3.63, 3.8) is 0 Å². The Bertz CT molecular complexity index is 1210. The third-order valence-corrected chi connectivity index (χ3v) is 6.02. The molecule has 0 spiro atoms. The van der Waals surface area contributed by atoms with Gasteiger partial charge in [-0.1, -0.05) is 60.7 Å². The summed E-state index contributed by atoms with van der Waals surface area (Å²) in [4.78, 5) is 0. The van der Waals surface area contributed by atoms with Crippen molar-refractivity contribution < 1.29 is 23.2 Å². The lowest BCUT2D eigenvalue weighted by atomic mass is 9.92. The molecule has 0 radical (unpaired) electrons. The van der Waals surface area contributed by atoms with Gasteiger partial charge in [0, 0.05) is 25.3 Å². The molecule has 0 heterocycles. The van der Waals surface area contributed by atoms with Crippen molar-refractivity contribution in [2.24, 2.45) is 0 Å². The Hall–Kier alpha value is -2.85. The summed E-state index contributed by atoms with van der Waals surface area (Å²) in [5.41, 5.74) is 1.23. The van der Waals surface area contributed by atoms with E-state index in [-0.39, 0.29) is 5.75 Å². The molecule has 0 aliphatic carbocycles. The second kappa shape index (κ2) is 7.28. The van der Waals surface area contributed by atoms with Crippen LogP contribution in [0.1, 0.15) is 0 Å². The van der Waals surface area contributed by atoms with Gasteiger partial charge in [-0.25, -0.2) is 4.57 Å². The second-order valence-corrected chi connectivity index (χ2v) is 8.05. The number of phenolic OH excluding ortho intramolecular Hbond substituents is 1. The molecule has 0 atom stereocenters. The number of hydrogen-bond donors (Lipinski definition) is 1. The van der Waals surface area contributed by atoms with Crippen LogP contribution in [0.4, 0.5) is 0 Å². The molecule has 6 heteroatoms. The van der Waals surface area contributed by atoms with Gasteiger partial charge in [0.15, 0.2) is 0 Å². The number of phosphoric acid groups is 1. The maximum absolute atomic E-state index is 12.7. The van der Waals surface area contributed by atoms with Crippen LogP contribution in [-0.2, 0) is 13.6 Å². The van der Waals surface area contributed by atoms with Crippen LogP contribution in [0, 0.1) is 0 Å². The zero-order valence-corrected chi connectivity index (χ0v) is 16.4. The molecule has 4 aromatic carbocycles. The summed E-state index contributed by atoms with van der Waals surface area (Å²) >= 11 is 0. The Morgan fingerprint density at radius 1 is 0.714 bits per heavy atom. The number of hydrogen-bond acceptors (Lipinski definition) is 5. The van der Waals surface area contributed by atoms with Crippen molar-refractivity contribution in [1.29, 1.82) is 0 Å². The number of benzene rings is 4. The molecule has 4 rings (SSSR count). The average Bonchev–Trinajstić information content (AvgIpc) is 2.74. The van der Waals surface area contributed by atoms with Gasteiger partial charge in [-0.15, -0.1) is 0 Å². The molecular weight excluding hydrogens is 375 g/mol. The van der Waals surface area contributed by atoms with Gasteiger partial charge in [-0.05, 0) is 33.7 Å². The van der Waals surface area contributed by atoms with Gasteiger partial charge in [0.2, 0.25) is 0 Å². The van der Waals surface area contributed by atoms with Crippen molar-refractivity contribution >= 4 is 29.4 Å². The molecule has 0 saturated carbocycles. The smallest absolute Gasteiger partial charge is 0.507 e. The van der Waals surface area contributed by atoms with Crippen molar-refractivity contribution in [2.75, 3.05) is 14.2 Å². The molecular formula is C22H19O5P. The fourth-order valence-corrected chi connectivity index (χ4v) is 4.07. The van der Waals surface area contributed by atoms with E-state index in [9.17, 15) is 9.67 Å². The van der Waals surface area contributed by atoms with E-state index in [1.54, 1.807) is 12.1 Å². The van der Waals surface area contributed by atoms with Gasteiger partial charge in [0.1, 0.15) is 11.5 Å². The maximum atomic E-state index is 12.7. The first-order valence-electron chi connectivity index (χ1n) is 8.70. The van der Waals surface area contributed by atoms with Crippen molar-refractivity contribution in [3.05, 3.63) is 72.8 Å². The zero-order chi connectivity index (χ0) is 19.7. The molecule has 0 bridgehead atoms. The highest BCUT2D eigenvalue weighted by Gasteiger charge is 2.28. The van der Waals surface area contributed by atoms with E-state index in [0.29, 0.717) is 16.9 Å². The Labute approximate surface area is 162 Å². The fraction of sp³-hybridized carbons (Fsp3) is 0.0909. The SMILES string of the molecule is COP(=O)(OC)Oc1ccc2ccccc2c1-c1c(O)ccc2ccccc12. The molecule has 1 N–H and O–H groups in total. The monoisotopic (exact) mass is 394 g/mol. The van der Waals surface area contributed by atoms with Crippen LogP contribution >= 0.6 is 7.82 Å². The molecule has 28 heavy (non-hydrogen) atoms. The van der Waals surface area contributed by atoms with Gasteiger partial charge < -0.3 is 9.63 Å². The van der Waals surface area contributed by atoms with E-state index in [4.69, 9.17) is 13.6 Å². The minimum atomic E-state index is -3.79. The van der Waals surface area contributed by atoms with Crippen LogP contribution in [0.3, 0.4) is 0 Å². The lowest BCUT2D eigenvalue weighted by molar-refractivity contribution is 0.211. The Balaban J connectivity index is 2.10. The van der Waals surface area contributed by atoms with Crippen LogP contribution in [0.5, 0.6) is 11.5 Å². The maximum Gasteiger partial charge on any atom is 0.529 e. The van der Waals surface area contributed by atoms with Crippen LogP contribution in [0.25, 0.3) is 32.7 Å². The van der Waals surface area contributed by atoms with Crippen LogP contribution < -0.4 is 4.52 Å². The number of aromatic hydroxyl groups is 1. The fourth-order valence-electron chi connectivity index (χ4n) is 3.38. The first-order valence-corrected chi connectivity index (χ1v) is 10.2. The van der Waals surface area contributed by atoms with Gasteiger partial charge >= 0.3 is 7.82 Å². The number of phenols is 1. The molecule has 4 aromatic rings. The number of fused-ring (bicyclic) bond motifs is 2. The average molecular weight is 394 g/mol. The quantitative estimate of drug-likeness (QED) is 0.412. The van der Waals surface area contributed by atoms with E-state index in [1.807, 2.05) is 60.7 Å². The summed E-state index contributed by atoms with van der Waals surface area (Å²) in [5, 5.41) is 14.4. The number of phosphoric ester groups is 1. The highest BCUT2D eigenvalue weighted by Crippen LogP contribution is 2.53. The minimum Gasteiger partial charge on any atom is -0.507 e. The van der Waals surface area contributed by atoms with Gasteiger partial charge in [0.05, 0.1) is 0 Å². The molecule has 142 valence electrons. The lowest BCUT2D eigenvalue weighted by Gasteiger charge is -2.20. The summed E-state index contributed by atoms with van der Waals surface area (Å²) in [6.07, 6.45) is 0. The first-order chi connectivity index (χ1) is 13.6. The van der Waals surface area contributed by atoms with E-state index in [1.165, 1.54) is 14.2 Å². The molecule has 0 aromatic heterocycles. The van der Waals surface area contributed by atoms with Crippen LogP contribution in [0.15, 0.2) is 72.8 Å². The second-order valence-electron chi connectivity index (χ2n) is 6.24. The molecule has 5 nitrogen and oxygen atoms in total. The summed E-state index contributed by atoms with van der Waals surface area (Å²) < 4.78 is 28.3. The molecule has 0 aliphatic heterocycles. The van der Waals surface area contributed by atoms with Gasteiger partial charge in [0.25, 0.3) is 0 Å². The minimum absolute atomic E-state index is 0.101. The normalized spacial score (nSPS) is 11.8. The molecule has 0 amide bonds.